The van der Waals surface area contributed by atoms with E-state index < -0.39 is 0 Å². The van der Waals surface area contributed by atoms with Gasteiger partial charge in [-0.3, -0.25) is 9.59 Å². The van der Waals surface area contributed by atoms with Gasteiger partial charge >= 0.3 is 0 Å². The maximum absolute atomic E-state index is 12.7. The second kappa shape index (κ2) is 9.32. The van der Waals surface area contributed by atoms with Crippen LogP contribution >= 0.6 is 11.3 Å². The largest absolute Gasteiger partial charge is 0.497 e. The summed E-state index contributed by atoms with van der Waals surface area (Å²) in [5.74, 6) is 1.44. The Labute approximate surface area is 177 Å². The van der Waals surface area contributed by atoms with Gasteiger partial charge in [-0.1, -0.05) is 12.1 Å². The molecule has 0 unspecified atom stereocenters. The highest BCUT2D eigenvalue weighted by molar-refractivity contribution is 7.07. The van der Waals surface area contributed by atoms with Crippen molar-refractivity contribution in [1.82, 2.24) is 4.57 Å². The number of carbonyl (C=O) groups excluding carboxylic acids is 1. The molecule has 0 radical (unpaired) electrons. The Bertz CT molecular complexity index is 1240. The van der Waals surface area contributed by atoms with Gasteiger partial charge in [0.25, 0.3) is 11.5 Å². The molecule has 7 nitrogen and oxygen atoms in total. The molecule has 0 atom stereocenters. The van der Waals surface area contributed by atoms with E-state index in [4.69, 9.17) is 14.2 Å². The molecule has 8 heteroatoms. The van der Waals surface area contributed by atoms with Gasteiger partial charge in [-0.15, -0.1) is 11.3 Å². The van der Waals surface area contributed by atoms with E-state index in [1.54, 1.807) is 57.7 Å². The van der Waals surface area contributed by atoms with Crippen molar-refractivity contribution < 1.29 is 19.0 Å². The topological polar surface area (TPSA) is 78.8 Å². The minimum absolute atomic E-state index is 0.200. The third-order valence-corrected chi connectivity index (χ3v) is 5.52. The first-order valence-electron chi connectivity index (χ1n) is 9.02. The maximum atomic E-state index is 12.7. The van der Waals surface area contributed by atoms with Crippen LogP contribution in [-0.4, -0.2) is 31.8 Å². The number of ether oxygens (including phenoxy) is 3. The molecule has 0 aliphatic rings. The molecular formula is C22H22N2O5S. The number of rotatable bonds is 6. The zero-order valence-corrected chi connectivity index (χ0v) is 17.9. The summed E-state index contributed by atoms with van der Waals surface area (Å²) in [6.07, 6.45) is 3.13. The highest BCUT2D eigenvalue weighted by Crippen LogP contribution is 2.25. The van der Waals surface area contributed by atoms with Crippen LogP contribution in [0.4, 0.5) is 5.69 Å². The molecule has 2 aromatic carbocycles. The number of nitrogens with one attached hydrogen (secondary N) is 1. The molecule has 1 amide bonds. The molecule has 0 bridgehead atoms. The van der Waals surface area contributed by atoms with Crippen LogP contribution in [0, 0.1) is 0 Å². The third-order valence-electron chi connectivity index (χ3n) is 4.41. The Balaban J connectivity index is 1.98. The molecule has 3 rings (SSSR count). The lowest BCUT2D eigenvalue weighted by molar-refractivity contribution is -0.110. The van der Waals surface area contributed by atoms with Crippen LogP contribution in [0.15, 0.2) is 47.3 Å². The monoisotopic (exact) mass is 426 g/mol. The van der Waals surface area contributed by atoms with Crippen molar-refractivity contribution in [2.75, 3.05) is 26.6 Å². The lowest BCUT2D eigenvalue weighted by Gasteiger charge is -2.07. The minimum Gasteiger partial charge on any atom is -0.497 e. The van der Waals surface area contributed by atoms with Crippen LogP contribution < -0.4 is 34.3 Å². The molecule has 1 N–H and O–H groups in total. The van der Waals surface area contributed by atoms with Gasteiger partial charge in [0.05, 0.1) is 31.5 Å². The summed E-state index contributed by atoms with van der Waals surface area (Å²) < 4.78 is 18.3. The van der Waals surface area contributed by atoms with E-state index >= 15 is 0 Å². The molecule has 1 aromatic heterocycles. The zero-order chi connectivity index (χ0) is 21.7. The Morgan fingerprint density at radius 1 is 1.03 bits per heavy atom. The predicted octanol–water partition coefficient (Wildman–Crippen LogP) is 1.72. The fourth-order valence-electron chi connectivity index (χ4n) is 2.82. The number of methoxy groups -OCH3 is 3. The molecule has 0 fully saturated rings. The van der Waals surface area contributed by atoms with Crippen LogP contribution in [0.3, 0.4) is 0 Å². The smallest absolute Gasteiger partial charge is 0.268 e. The number of hydrogen-bond donors (Lipinski definition) is 1. The molecule has 0 spiro atoms. The van der Waals surface area contributed by atoms with Crippen molar-refractivity contribution in [2.45, 2.75) is 0 Å². The minimum atomic E-state index is -0.357. The molecule has 0 aliphatic heterocycles. The molecule has 0 saturated heterocycles. The average molecular weight is 426 g/mol. The number of thiazole rings is 1. The number of nitrogens with zero attached hydrogens (tertiary/aromatic N) is 1. The number of anilines is 1. The summed E-state index contributed by atoms with van der Waals surface area (Å²) in [7, 11) is 6.29. The second-order valence-electron chi connectivity index (χ2n) is 6.25. The highest BCUT2D eigenvalue weighted by Gasteiger charge is 2.08. The SMILES string of the molecule is COc1ccc(/C=c2\s/c(=C\C(=O)Nc3ccccc3OC)n(C)c2=O)c(OC)c1. The predicted molar refractivity (Wildman–Crippen MR) is 118 cm³/mol. The van der Waals surface area contributed by atoms with Crippen molar-refractivity contribution in [3.63, 3.8) is 0 Å². The fraction of sp³-hybridized carbons (Fsp3) is 0.182. The van der Waals surface area contributed by atoms with Crippen molar-refractivity contribution in [1.29, 1.82) is 0 Å². The number of amides is 1. The van der Waals surface area contributed by atoms with E-state index in [9.17, 15) is 9.59 Å². The molecule has 30 heavy (non-hydrogen) atoms. The quantitative estimate of drug-likeness (QED) is 0.649. The number of para-hydroxylation sites is 2. The summed E-state index contributed by atoms with van der Waals surface area (Å²) in [5, 5.41) is 2.77. The van der Waals surface area contributed by atoms with Gasteiger partial charge in [0.2, 0.25) is 0 Å². The van der Waals surface area contributed by atoms with Gasteiger partial charge in [-0.2, -0.15) is 0 Å². The maximum Gasteiger partial charge on any atom is 0.268 e. The van der Waals surface area contributed by atoms with Crippen molar-refractivity contribution in [3.8, 4) is 17.2 Å². The van der Waals surface area contributed by atoms with E-state index in [0.29, 0.717) is 32.1 Å². The first-order valence-corrected chi connectivity index (χ1v) is 9.83. The Hall–Kier alpha value is -3.52. The Morgan fingerprint density at radius 2 is 1.77 bits per heavy atom. The van der Waals surface area contributed by atoms with Gasteiger partial charge in [0, 0.05) is 24.8 Å². The summed E-state index contributed by atoms with van der Waals surface area (Å²) in [4.78, 5) is 25.1. The summed E-state index contributed by atoms with van der Waals surface area (Å²) >= 11 is 1.22. The van der Waals surface area contributed by atoms with Crippen LogP contribution in [0.2, 0.25) is 0 Å². The highest BCUT2D eigenvalue weighted by atomic mass is 32.1. The third kappa shape index (κ3) is 4.55. The van der Waals surface area contributed by atoms with Gasteiger partial charge in [0.15, 0.2) is 0 Å². The summed E-state index contributed by atoms with van der Waals surface area (Å²) in [5.41, 5.74) is 1.09. The molecule has 1 heterocycles. The average Bonchev–Trinajstić information content (AvgIpc) is 3.02. The summed E-state index contributed by atoms with van der Waals surface area (Å²) in [6.45, 7) is 0. The molecule has 0 aliphatic carbocycles. The normalized spacial score (nSPS) is 12.0. The van der Waals surface area contributed by atoms with E-state index in [1.165, 1.54) is 29.1 Å². The first kappa shape index (κ1) is 21.2. The van der Waals surface area contributed by atoms with E-state index in [1.807, 2.05) is 12.1 Å². The Kier molecular flexibility index (Phi) is 6.58. The fourth-order valence-corrected chi connectivity index (χ4v) is 3.84. The Morgan fingerprint density at radius 3 is 2.47 bits per heavy atom. The van der Waals surface area contributed by atoms with Gasteiger partial charge in [-0.25, -0.2) is 0 Å². The van der Waals surface area contributed by atoms with E-state index in [-0.39, 0.29) is 11.5 Å². The van der Waals surface area contributed by atoms with Gasteiger partial charge in [-0.05, 0) is 30.3 Å². The lowest BCUT2D eigenvalue weighted by Crippen LogP contribution is -2.29. The van der Waals surface area contributed by atoms with Crippen molar-refractivity contribution in [2.24, 2.45) is 7.05 Å². The summed E-state index contributed by atoms with van der Waals surface area (Å²) in [6, 6.07) is 12.5. The molecule has 156 valence electrons. The van der Waals surface area contributed by atoms with Crippen LogP contribution in [0.5, 0.6) is 17.2 Å². The van der Waals surface area contributed by atoms with Gasteiger partial charge in [0.1, 0.15) is 21.9 Å². The number of carbonyl (C=O) groups is 1. The first-order chi connectivity index (χ1) is 14.5. The van der Waals surface area contributed by atoms with E-state index in [0.717, 1.165) is 5.56 Å². The zero-order valence-electron chi connectivity index (χ0n) is 17.1. The number of aromatic nitrogens is 1. The molecule has 0 saturated carbocycles. The lowest BCUT2D eigenvalue weighted by atomic mass is 10.2. The molecule has 3 aromatic rings. The standard InChI is InChI=1S/C22H22N2O5S/c1-24-21(13-20(25)23-16-7-5-6-8-17(16)28-3)30-19(22(24)26)11-14-9-10-15(27-2)12-18(14)29-4/h5-13H,1-4H3,(H,23,25)/b19-11-,21-13-. The molecular weight excluding hydrogens is 404 g/mol. The number of hydrogen-bond acceptors (Lipinski definition) is 6. The van der Waals surface area contributed by atoms with Crippen LogP contribution in [0.1, 0.15) is 5.56 Å². The number of benzene rings is 2. The van der Waals surface area contributed by atoms with Crippen LogP contribution in [-0.2, 0) is 11.8 Å². The second-order valence-corrected chi connectivity index (χ2v) is 7.32. The van der Waals surface area contributed by atoms with Crippen LogP contribution in [0.25, 0.3) is 12.2 Å². The van der Waals surface area contributed by atoms with E-state index in [2.05, 4.69) is 5.32 Å². The van der Waals surface area contributed by atoms with Gasteiger partial charge < -0.3 is 24.1 Å². The van der Waals surface area contributed by atoms with Crippen molar-refractivity contribution in [3.05, 3.63) is 67.6 Å². The van der Waals surface area contributed by atoms with Crippen molar-refractivity contribution >= 4 is 35.1 Å².